The van der Waals surface area contributed by atoms with Crippen LogP contribution in [0.15, 0.2) is 60.8 Å². The minimum Gasteiger partial charge on any atom is -0.439 e. The Morgan fingerprint density at radius 3 is 2.41 bits per heavy atom. The van der Waals surface area contributed by atoms with Crippen molar-refractivity contribution in [2.45, 2.75) is 6.92 Å². The Morgan fingerprint density at radius 1 is 0.926 bits per heavy atom. The van der Waals surface area contributed by atoms with Gasteiger partial charge < -0.3 is 14.5 Å². The maximum atomic E-state index is 13.0. The molecule has 0 bridgehead atoms. The predicted octanol–water partition coefficient (Wildman–Crippen LogP) is 4.04. The minimum atomic E-state index is -0.294. The number of nitrogens with zero attached hydrogens (tertiary/aromatic N) is 4. The summed E-state index contributed by atoms with van der Waals surface area (Å²) in [6.07, 6.45) is 1.69. The average molecular weight is 364 g/mol. The number of piperazine rings is 1. The SMILES string of the molecule is Cc1cccc(N2CCN(c3nccc(Oc4ccc(F)cc4)n3)CC2)c1. The fraction of sp³-hybridized carbons (Fsp3) is 0.238. The molecule has 0 unspecified atom stereocenters. The maximum absolute atomic E-state index is 13.0. The zero-order valence-corrected chi connectivity index (χ0v) is 15.2. The molecule has 1 aliphatic heterocycles. The summed E-state index contributed by atoms with van der Waals surface area (Å²) in [4.78, 5) is 13.4. The highest BCUT2D eigenvalue weighted by molar-refractivity contribution is 5.50. The number of ether oxygens (including phenoxy) is 1. The highest BCUT2D eigenvalue weighted by atomic mass is 19.1. The predicted molar refractivity (Wildman–Crippen MR) is 104 cm³/mol. The lowest BCUT2D eigenvalue weighted by Crippen LogP contribution is -2.47. The molecule has 0 aliphatic carbocycles. The number of hydrogen-bond donors (Lipinski definition) is 0. The summed E-state index contributed by atoms with van der Waals surface area (Å²) in [6, 6.07) is 16.2. The van der Waals surface area contributed by atoms with E-state index in [0.717, 1.165) is 26.2 Å². The molecule has 27 heavy (non-hydrogen) atoms. The molecule has 1 fully saturated rings. The van der Waals surface area contributed by atoms with E-state index in [0.29, 0.717) is 17.6 Å². The molecular weight excluding hydrogens is 343 g/mol. The van der Waals surface area contributed by atoms with Crippen molar-refractivity contribution in [1.82, 2.24) is 9.97 Å². The zero-order valence-electron chi connectivity index (χ0n) is 15.2. The Balaban J connectivity index is 1.42. The van der Waals surface area contributed by atoms with E-state index in [9.17, 15) is 4.39 Å². The van der Waals surface area contributed by atoms with Gasteiger partial charge in [-0.25, -0.2) is 9.37 Å². The smallest absolute Gasteiger partial charge is 0.228 e. The third-order valence-corrected chi connectivity index (χ3v) is 4.58. The van der Waals surface area contributed by atoms with Crippen molar-refractivity contribution in [3.63, 3.8) is 0 Å². The summed E-state index contributed by atoms with van der Waals surface area (Å²) >= 11 is 0. The van der Waals surface area contributed by atoms with Crippen LogP contribution in [0.1, 0.15) is 5.56 Å². The Hall–Kier alpha value is -3.15. The molecule has 4 rings (SSSR count). The van der Waals surface area contributed by atoms with Crippen LogP contribution in [0, 0.1) is 12.7 Å². The van der Waals surface area contributed by atoms with Crippen LogP contribution >= 0.6 is 0 Å². The topological polar surface area (TPSA) is 41.5 Å². The fourth-order valence-corrected chi connectivity index (χ4v) is 3.15. The van der Waals surface area contributed by atoms with Crippen LogP contribution in [0.5, 0.6) is 11.6 Å². The van der Waals surface area contributed by atoms with Crippen LogP contribution < -0.4 is 14.5 Å². The van der Waals surface area contributed by atoms with Gasteiger partial charge in [0, 0.05) is 44.1 Å². The van der Waals surface area contributed by atoms with Crippen molar-refractivity contribution in [2.75, 3.05) is 36.0 Å². The van der Waals surface area contributed by atoms with Crippen LogP contribution in [0.25, 0.3) is 0 Å². The lowest BCUT2D eigenvalue weighted by atomic mass is 10.2. The van der Waals surface area contributed by atoms with Gasteiger partial charge in [0.2, 0.25) is 11.8 Å². The van der Waals surface area contributed by atoms with E-state index in [1.165, 1.54) is 23.4 Å². The summed E-state index contributed by atoms with van der Waals surface area (Å²) in [5, 5.41) is 0. The molecule has 5 nitrogen and oxygen atoms in total. The first-order chi connectivity index (χ1) is 13.2. The first-order valence-corrected chi connectivity index (χ1v) is 9.00. The second kappa shape index (κ2) is 7.61. The molecule has 0 radical (unpaired) electrons. The van der Waals surface area contributed by atoms with Crippen LogP contribution in [0.4, 0.5) is 16.0 Å². The molecule has 1 aliphatic rings. The molecule has 1 aromatic heterocycles. The van der Waals surface area contributed by atoms with Gasteiger partial charge in [0.05, 0.1) is 0 Å². The standard InChI is InChI=1S/C21H21FN4O/c1-16-3-2-4-18(15-16)25-11-13-26(14-12-25)21-23-10-9-20(24-21)27-19-7-5-17(22)6-8-19/h2-10,15H,11-14H2,1H3. The van der Waals surface area contributed by atoms with Crippen molar-refractivity contribution < 1.29 is 9.13 Å². The monoisotopic (exact) mass is 364 g/mol. The van der Waals surface area contributed by atoms with Crippen molar-refractivity contribution >= 4 is 11.6 Å². The third kappa shape index (κ3) is 4.16. The van der Waals surface area contributed by atoms with Gasteiger partial charge in [0.25, 0.3) is 0 Å². The van der Waals surface area contributed by atoms with Gasteiger partial charge in [-0.05, 0) is 48.9 Å². The van der Waals surface area contributed by atoms with Crippen LogP contribution in [-0.4, -0.2) is 36.1 Å². The maximum Gasteiger partial charge on any atom is 0.228 e. The normalized spacial score (nSPS) is 14.3. The average Bonchev–Trinajstić information content (AvgIpc) is 2.70. The second-order valence-corrected chi connectivity index (χ2v) is 6.56. The summed E-state index contributed by atoms with van der Waals surface area (Å²) in [5.41, 5.74) is 2.52. The number of halogens is 1. The number of benzene rings is 2. The first kappa shape index (κ1) is 17.3. The van der Waals surface area contributed by atoms with Gasteiger partial charge in [-0.2, -0.15) is 4.98 Å². The van der Waals surface area contributed by atoms with Gasteiger partial charge in [-0.3, -0.25) is 0 Å². The van der Waals surface area contributed by atoms with Gasteiger partial charge in [0.1, 0.15) is 11.6 Å². The Bertz CT molecular complexity index is 908. The van der Waals surface area contributed by atoms with E-state index in [4.69, 9.17) is 4.74 Å². The molecule has 1 saturated heterocycles. The highest BCUT2D eigenvalue weighted by Crippen LogP contribution is 2.23. The second-order valence-electron chi connectivity index (χ2n) is 6.56. The number of rotatable bonds is 4. The summed E-state index contributed by atoms with van der Waals surface area (Å²) in [5.74, 6) is 1.36. The van der Waals surface area contributed by atoms with Crippen LogP contribution in [-0.2, 0) is 0 Å². The largest absolute Gasteiger partial charge is 0.439 e. The van der Waals surface area contributed by atoms with E-state index in [-0.39, 0.29) is 5.82 Å². The molecule has 2 heterocycles. The number of anilines is 2. The lowest BCUT2D eigenvalue weighted by Gasteiger charge is -2.36. The molecule has 138 valence electrons. The molecule has 0 saturated carbocycles. The molecule has 0 atom stereocenters. The van der Waals surface area contributed by atoms with E-state index < -0.39 is 0 Å². The third-order valence-electron chi connectivity index (χ3n) is 4.58. The van der Waals surface area contributed by atoms with Crippen molar-refractivity contribution in [3.8, 4) is 11.6 Å². The van der Waals surface area contributed by atoms with E-state index in [2.05, 4.69) is 51.0 Å². The number of hydrogen-bond acceptors (Lipinski definition) is 5. The molecule has 0 amide bonds. The van der Waals surface area contributed by atoms with Crippen molar-refractivity contribution in [2.24, 2.45) is 0 Å². The molecule has 6 heteroatoms. The summed E-state index contributed by atoms with van der Waals surface area (Å²) in [6.45, 7) is 5.62. The lowest BCUT2D eigenvalue weighted by molar-refractivity contribution is 0.459. The Kier molecular flexibility index (Phi) is 4.87. The molecule has 3 aromatic rings. The van der Waals surface area contributed by atoms with E-state index in [1.807, 2.05) is 0 Å². The van der Waals surface area contributed by atoms with Crippen LogP contribution in [0.3, 0.4) is 0 Å². The van der Waals surface area contributed by atoms with E-state index in [1.54, 1.807) is 24.4 Å². The number of aryl methyl sites for hydroxylation is 1. The minimum absolute atomic E-state index is 0.294. The molecule has 0 spiro atoms. The van der Waals surface area contributed by atoms with E-state index >= 15 is 0 Å². The Labute approximate surface area is 158 Å². The quantitative estimate of drug-likeness (QED) is 0.699. The van der Waals surface area contributed by atoms with Gasteiger partial charge in [-0.1, -0.05) is 12.1 Å². The van der Waals surface area contributed by atoms with Gasteiger partial charge in [-0.15, -0.1) is 0 Å². The van der Waals surface area contributed by atoms with Crippen molar-refractivity contribution in [3.05, 3.63) is 72.2 Å². The number of aromatic nitrogens is 2. The zero-order chi connectivity index (χ0) is 18.6. The molecule has 2 aromatic carbocycles. The molecule has 0 N–H and O–H groups in total. The molecular formula is C21H21FN4O. The Morgan fingerprint density at radius 2 is 1.67 bits per heavy atom. The van der Waals surface area contributed by atoms with Crippen LogP contribution in [0.2, 0.25) is 0 Å². The summed E-state index contributed by atoms with van der Waals surface area (Å²) < 4.78 is 18.7. The summed E-state index contributed by atoms with van der Waals surface area (Å²) in [7, 11) is 0. The first-order valence-electron chi connectivity index (χ1n) is 9.00. The highest BCUT2D eigenvalue weighted by Gasteiger charge is 2.19. The van der Waals surface area contributed by atoms with Gasteiger partial charge >= 0.3 is 0 Å². The fourth-order valence-electron chi connectivity index (χ4n) is 3.15. The van der Waals surface area contributed by atoms with Gasteiger partial charge in [0.15, 0.2) is 0 Å². The van der Waals surface area contributed by atoms with Crippen molar-refractivity contribution in [1.29, 1.82) is 0 Å².